The molecule has 0 atom stereocenters. The highest BCUT2D eigenvalue weighted by molar-refractivity contribution is 14.1. The third-order valence-corrected chi connectivity index (χ3v) is 3.90. The smallest absolute Gasteiger partial charge is 0.172 e. The Labute approximate surface area is 99.4 Å². The first-order valence-electron chi connectivity index (χ1n) is 3.90. The van der Waals surface area contributed by atoms with Crippen LogP contribution in [-0.2, 0) is 13.0 Å². The van der Waals surface area contributed by atoms with Gasteiger partial charge < -0.3 is 4.57 Å². The summed E-state index contributed by atoms with van der Waals surface area (Å²) in [5.74, 6) is 0. The summed E-state index contributed by atoms with van der Waals surface area (Å²) in [7, 11) is 0. The molecule has 0 aliphatic carbocycles. The van der Waals surface area contributed by atoms with Crippen LogP contribution in [-0.4, -0.2) is 9.55 Å². The molecule has 1 aromatic rings. The summed E-state index contributed by atoms with van der Waals surface area (Å²) < 4.78 is 4.66. The predicted molar refractivity (Wildman–Crippen MR) is 65.1 cm³/mol. The second kappa shape index (κ2) is 2.83. The van der Waals surface area contributed by atoms with Crippen LogP contribution in [0.2, 0.25) is 0 Å². The van der Waals surface area contributed by atoms with Crippen molar-refractivity contribution in [2.75, 3.05) is 0 Å². The summed E-state index contributed by atoms with van der Waals surface area (Å²) in [6, 6.07) is 0. The largest absolute Gasteiger partial charge is 0.322 e. The zero-order chi connectivity index (χ0) is 8.93. The lowest BCUT2D eigenvalue weighted by Crippen LogP contribution is -2.13. The number of hydrogen-bond donors (Lipinski definition) is 0. The van der Waals surface area contributed by atoms with Gasteiger partial charge in [0.25, 0.3) is 0 Å². The molecule has 0 saturated heterocycles. The van der Waals surface area contributed by atoms with Gasteiger partial charge in [-0.15, -0.1) is 0 Å². The predicted octanol–water partition coefficient (Wildman–Crippen LogP) is 2.67. The summed E-state index contributed by atoms with van der Waals surface area (Å²) in [5.41, 5.74) is 1.85. The molecule has 12 heavy (non-hydrogen) atoms. The van der Waals surface area contributed by atoms with Crippen molar-refractivity contribution in [2.24, 2.45) is 5.41 Å². The zero-order valence-corrected chi connectivity index (χ0v) is 11.4. The number of hydrogen-bond acceptors (Lipinski definition) is 1. The number of nitrogens with zero attached hydrogens (tertiary/aromatic N) is 2. The number of aromatic nitrogens is 2. The number of fused-ring (bicyclic) bond motifs is 1. The van der Waals surface area contributed by atoms with Gasteiger partial charge in [0.2, 0.25) is 0 Å². The van der Waals surface area contributed by atoms with E-state index < -0.39 is 0 Å². The molecule has 0 unspecified atom stereocenters. The van der Waals surface area contributed by atoms with E-state index in [1.54, 1.807) is 0 Å². The van der Waals surface area contributed by atoms with Gasteiger partial charge in [-0.2, -0.15) is 0 Å². The third-order valence-electron chi connectivity index (χ3n) is 2.21. The van der Waals surface area contributed by atoms with Crippen molar-refractivity contribution in [1.29, 1.82) is 0 Å². The molecular weight excluding hydrogens is 378 g/mol. The molecule has 0 radical (unpaired) electrons. The number of rotatable bonds is 0. The summed E-state index contributed by atoms with van der Waals surface area (Å²) in [6.07, 6.45) is 1.17. The Morgan fingerprint density at radius 2 is 2.08 bits per heavy atom. The number of imidazole rings is 1. The van der Waals surface area contributed by atoms with Crippen molar-refractivity contribution >= 4 is 45.2 Å². The standard InChI is InChI=1S/C8H10I2N2/c1-8(2)3-5-6(9)11-7(10)12(5)4-8/h3-4H2,1-2H3. The van der Waals surface area contributed by atoms with E-state index in [4.69, 9.17) is 0 Å². The van der Waals surface area contributed by atoms with Crippen molar-refractivity contribution in [3.05, 3.63) is 13.2 Å². The maximum atomic E-state index is 4.43. The van der Waals surface area contributed by atoms with Crippen molar-refractivity contribution in [3.8, 4) is 0 Å². The Morgan fingerprint density at radius 3 is 2.67 bits per heavy atom. The molecule has 4 heteroatoms. The molecular formula is C8H10I2N2. The van der Waals surface area contributed by atoms with E-state index in [1.807, 2.05) is 0 Å². The average Bonchev–Trinajstić information content (AvgIpc) is 2.34. The normalized spacial score (nSPS) is 19.7. The van der Waals surface area contributed by atoms with E-state index in [9.17, 15) is 0 Å². The van der Waals surface area contributed by atoms with E-state index in [2.05, 4.69) is 68.6 Å². The molecule has 1 aromatic heterocycles. The van der Waals surface area contributed by atoms with Gasteiger partial charge in [0.05, 0.1) is 5.69 Å². The Kier molecular flexibility index (Phi) is 2.18. The maximum Gasteiger partial charge on any atom is 0.172 e. The fourth-order valence-electron chi connectivity index (χ4n) is 1.69. The van der Waals surface area contributed by atoms with Crippen LogP contribution in [0, 0.1) is 12.9 Å². The minimum Gasteiger partial charge on any atom is -0.322 e. The van der Waals surface area contributed by atoms with Gasteiger partial charge in [0.15, 0.2) is 3.83 Å². The van der Waals surface area contributed by atoms with Crippen LogP contribution in [0.4, 0.5) is 0 Å². The first-order valence-corrected chi connectivity index (χ1v) is 6.06. The topological polar surface area (TPSA) is 17.8 Å². The minimum atomic E-state index is 0.429. The quantitative estimate of drug-likeness (QED) is 0.626. The van der Waals surface area contributed by atoms with Gasteiger partial charge in [-0.3, -0.25) is 0 Å². The third kappa shape index (κ3) is 1.40. The summed E-state index contributed by atoms with van der Waals surface area (Å²) >= 11 is 4.64. The van der Waals surface area contributed by atoms with Crippen LogP contribution in [0.25, 0.3) is 0 Å². The lowest BCUT2D eigenvalue weighted by molar-refractivity contribution is 0.355. The fourth-order valence-corrected chi connectivity index (χ4v) is 3.57. The lowest BCUT2D eigenvalue weighted by atomic mass is 9.91. The molecule has 0 N–H and O–H groups in total. The van der Waals surface area contributed by atoms with Gasteiger partial charge >= 0.3 is 0 Å². The van der Waals surface area contributed by atoms with Crippen molar-refractivity contribution in [3.63, 3.8) is 0 Å². The highest BCUT2D eigenvalue weighted by Crippen LogP contribution is 2.35. The molecule has 0 spiro atoms. The van der Waals surface area contributed by atoms with Crippen LogP contribution in [0.5, 0.6) is 0 Å². The Hall–Kier alpha value is 0.670. The zero-order valence-electron chi connectivity index (χ0n) is 7.06. The van der Waals surface area contributed by atoms with Gasteiger partial charge in [-0.05, 0) is 57.0 Å². The highest BCUT2D eigenvalue weighted by atomic mass is 127. The van der Waals surface area contributed by atoms with Crippen LogP contribution < -0.4 is 0 Å². The monoisotopic (exact) mass is 388 g/mol. The van der Waals surface area contributed by atoms with Crippen molar-refractivity contribution < 1.29 is 0 Å². The molecule has 2 nitrogen and oxygen atoms in total. The Bertz CT molecular complexity index is 300. The van der Waals surface area contributed by atoms with Gasteiger partial charge in [0, 0.05) is 6.54 Å². The van der Waals surface area contributed by atoms with Crippen molar-refractivity contribution in [2.45, 2.75) is 26.8 Å². The first kappa shape index (κ1) is 9.23. The van der Waals surface area contributed by atoms with Crippen LogP contribution in [0.1, 0.15) is 19.5 Å². The van der Waals surface area contributed by atoms with Gasteiger partial charge in [-0.25, -0.2) is 4.98 Å². The molecule has 1 aliphatic heterocycles. The highest BCUT2D eigenvalue weighted by Gasteiger charge is 2.32. The van der Waals surface area contributed by atoms with E-state index in [0.717, 1.165) is 10.4 Å². The molecule has 0 bridgehead atoms. The lowest BCUT2D eigenvalue weighted by Gasteiger charge is -2.15. The SMILES string of the molecule is CC1(C)Cc2c(I)nc(I)n2C1. The molecule has 2 heterocycles. The van der Waals surface area contributed by atoms with E-state index in [-0.39, 0.29) is 0 Å². The minimum absolute atomic E-state index is 0.429. The second-order valence-electron chi connectivity index (χ2n) is 4.05. The van der Waals surface area contributed by atoms with Gasteiger partial charge in [0.1, 0.15) is 3.70 Å². The molecule has 0 saturated carbocycles. The molecule has 1 aliphatic rings. The summed E-state index contributed by atoms with van der Waals surface area (Å²) in [5, 5.41) is 0. The van der Waals surface area contributed by atoms with E-state index >= 15 is 0 Å². The fraction of sp³-hybridized carbons (Fsp3) is 0.625. The van der Waals surface area contributed by atoms with E-state index in [1.165, 1.54) is 15.8 Å². The average molecular weight is 388 g/mol. The van der Waals surface area contributed by atoms with Crippen molar-refractivity contribution in [1.82, 2.24) is 9.55 Å². The number of halogens is 2. The molecule has 66 valence electrons. The first-order chi connectivity index (χ1) is 5.49. The molecule has 0 aromatic carbocycles. The maximum absolute atomic E-state index is 4.43. The molecule has 2 rings (SSSR count). The molecule has 0 amide bonds. The van der Waals surface area contributed by atoms with Crippen LogP contribution in [0.15, 0.2) is 0 Å². The van der Waals surface area contributed by atoms with Crippen LogP contribution >= 0.6 is 45.2 Å². The Balaban J connectivity index is 2.49. The van der Waals surface area contributed by atoms with E-state index in [0.29, 0.717) is 5.41 Å². The van der Waals surface area contributed by atoms with Crippen LogP contribution in [0.3, 0.4) is 0 Å². The van der Waals surface area contributed by atoms with Gasteiger partial charge in [-0.1, -0.05) is 13.8 Å². The molecule has 0 fully saturated rings. The second-order valence-corrected chi connectivity index (χ2v) is 6.03. The summed E-state index contributed by atoms with van der Waals surface area (Å²) in [6.45, 7) is 5.74. The Morgan fingerprint density at radius 1 is 1.42 bits per heavy atom. The summed E-state index contributed by atoms with van der Waals surface area (Å²) in [4.78, 5) is 4.43.